The van der Waals surface area contributed by atoms with Crippen molar-refractivity contribution in [2.24, 2.45) is 0 Å². The van der Waals surface area contributed by atoms with E-state index in [9.17, 15) is 4.79 Å². The summed E-state index contributed by atoms with van der Waals surface area (Å²) in [5.41, 5.74) is 0. The highest BCUT2D eigenvalue weighted by molar-refractivity contribution is 6.20. The van der Waals surface area contributed by atoms with Gasteiger partial charge in [-0.25, -0.2) is 0 Å². The SMILES string of the molecule is CCCCCCCCCCC(Cl)CCCCCC(=O)OC. The molecular formula is C18H35ClO2. The van der Waals surface area contributed by atoms with Crippen LogP contribution in [0.4, 0.5) is 0 Å². The zero-order chi connectivity index (χ0) is 15.8. The zero-order valence-electron chi connectivity index (χ0n) is 14.2. The minimum absolute atomic E-state index is 0.101. The largest absolute Gasteiger partial charge is 0.469 e. The van der Waals surface area contributed by atoms with Crippen molar-refractivity contribution in [3.8, 4) is 0 Å². The third kappa shape index (κ3) is 16.0. The first-order valence-electron chi connectivity index (χ1n) is 8.91. The number of hydrogen-bond donors (Lipinski definition) is 0. The lowest BCUT2D eigenvalue weighted by Crippen LogP contribution is -2.01. The summed E-state index contributed by atoms with van der Waals surface area (Å²) in [6, 6.07) is 0. The van der Waals surface area contributed by atoms with E-state index in [0.29, 0.717) is 11.8 Å². The van der Waals surface area contributed by atoms with Gasteiger partial charge in [0.25, 0.3) is 0 Å². The van der Waals surface area contributed by atoms with E-state index in [0.717, 1.165) is 32.1 Å². The maximum Gasteiger partial charge on any atom is 0.305 e. The fraction of sp³-hybridized carbons (Fsp3) is 0.944. The van der Waals surface area contributed by atoms with Crippen molar-refractivity contribution in [3.05, 3.63) is 0 Å². The van der Waals surface area contributed by atoms with Gasteiger partial charge in [0, 0.05) is 11.8 Å². The molecule has 1 unspecified atom stereocenters. The smallest absolute Gasteiger partial charge is 0.305 e. The molecule has 21 heavy (non-hydrogen) atoms. The van der Waals surface area contributed by atoms with Gasteiger partial charge in [-0.2, -0.15) is 0 Å². The Balaban J connectivity index is 3.19. The van der Waals surface area contributed by atoms with Crippen molar-refractivity contribution < 1.29 is 9.53 Å². The molecule has 3 heteroatoms. The molecule has 0 aliphatic rings. The van der Waals surface area contributed by atoms with Crippen LogP contribution in [0.2, 0.25) is 0 Å². The van der Waals surface area contributed by atoms with E-state index in [-0.39, 0.29) is 5.97 Å². The summed E-state index contributed by atoms with van der Waals surface area (Å²) < 4.78 is 4.62. The molecule has 0 saturated heterocycles. The number of unbranched alkanes of at least 4 members (excludes halogenated alkanes) is 9. The van der Waals surface area contributed by atoms with Gasteiger partial charge in [-0.1, -0.05) is 71.1 Å². The summed E-state index contributed by atoms with van der Waals surface area (Å²) in [5.74, 6) is -0.101. The second-order valence-electron chi connectivity index (χ2n) is 6.04. The van der Waals surface area contributed by atoms with Gasteiger partial charge < -0.3 is 4.74 Å². The summed E-state index contributed by atoms with van der Waals surface area (Å²) in [4.78, 5) is 10.9. The Hall–Kier alpha value is -0.240. The number of ether oxygens (including phenoxy) is 1. The van der Waals surface area contributed by atoms with E-state index in [1.165, 1.54) is 58.5 Å². The van der Waals surface area contributed by atoms with Gasteiger partial charge in [0.15, 0.2) is 0 Å². The maximum atomic E-state index is 10.9. The second-order valence-corrected chi connectivity index (χ2v) is 6.65. The number of methoxy groups -OCH3 is 1. The van der Waals surface area contributed by atoms with Crippen LogP contribution in [0.5, 0.6) is 0 Å². The van der Waals surface area contributed by atoms with E-state index >= 15 is 0 Å². The molecule has 0 amide bonds. The average Bonchev–Trinajstić information content (AvgIpc) is 2.49. The molecule has 0 N–H and O–H groups in total. The van der Waals surface area contributed by atoms with Crippen LogP contribution >= 0.6 is 11.6 Å². The topological polar surface area (TPSA) is 26.3 Å². The van der Waals surface area contributed by atoms with E-state index in [1.54, 1.807) is 0 Å². The van der Waals surface area contributed by atoms with Crippen LogP contribution in [0.15, 0.2) is 0 Å². The fourth-order valence-electron chi connectivity index (χ4n) is 2.56. The number of carbonyl (C=O) groups excluding carboxylic acids is 1. The Kier molecular flexibility index (Phi) is 16.0. The molecule has 0 spiro atoms. The molecule has 0 aromatic rings. The highest BCUT2D eigenvalue weighted by atomic mass is 35.5. The molecule has 0 radical (unpaired) electrons. The van der Waals surface area contributed by atoms with E-state index in [4.69, 9.17) is 11.6 Å². The molecule has 0 rings (SSSR count). The molecule has 126 valence electrons. The van der Waals surface area contributed by atoms with Crippen molar-refractivity contribution in [1.29, 1.82) is 0 Å². The van der Waals surface area contributed by atoms with Gasteiger partial charge in [0.1, 0.15) is 0 Å². The molecule has 0 fully saturated rings. The second kappa shape index (κ2) is 16.1. The monoisotopic (exact) mass is 318 g/mol. The van der Waals surface area contributed by atoms with E-state index in [2.05, 4.69) is 11.7 Å². The first kappa shape index (κ1) is 20.8. The Bertz CT molecular complexity index is 231. The number of hydrogen-bond acceptors (Lipinski definition) is 2. The molecule has 0 aliphatic heterocycles. The number of carbonyl (C=O) groups is 1. The van der Waals surface area contributed by atoms with Crippen LogP contribution < -0.4 is 0 Å². The van der Waals surface area contributed by atoms with Crippen LogP contribution in [0.25, 0.3) is 0 Å². The lowest BCUT2D eigenvalue weighted by atomic mass is 10.0. The molecular weight excluding hydrogens is 284 g/mol. The molecule has 0 heterocycles. The van der Waals surface area contributed by atoms with Gasteiger partial charge in [-0.15, -0.1) is 11.6 Å². The third-order valence-corrected chi connectivity index (χ3v) is 4.43. The van der Waals surface area contributed by atoms with Crippen LogP contribution in [0, 0.1) is 0 Å². The summed E-state index contributed by atoms with van der Waals surface area (Å²) in [6.45, 7) is 2.26. The van der Waals surface area contributed by atoms with Crippen LogP contribution in [0.3, 0.4) is 0 Å². The molecule has 0 bridgehead atoms. The molecule has 1 atom stereocenters. The van der Waals surface area contributed by atoms with Crippen molar-refractivity contribution in [2.75, 3.05) is 7.11 Å². The number of alkyl halides is 1. The number of esters is 1. The summed E-state index contributed by atoms with van der Waals surface area (Å²) in [5, 5.41) is 0.322. The normalized spacial score (nSPS) is 12.3. The van der Waals surface area contributed by atoms with E-state index in [1.807, 2.05) is 0 Å². The first-order chi connectivity index (χ1) is 10.2. The van der Waals surface area contributed by atoms with Gasteiger partial charge in [-0.3, -0.25) is 4.79 Å². The standard InChI is InChI=1S/C18H35ClO2/c1-3-4-5-6-7-8-9-11-14-17(19)15-12-10-13-16-18(20)21-2/h17H,3-16H2,1-2H3. The molecule has 0 saturated carbocycles. The fourth-order valence-corrected chi connectivity index (χ4v) is 2.87. The van der Waals surface area contributed by atoms with E-state index < -0.39 is 0 Å². The highest BCUT2D eigenvalue weighted by Crippen LogP contribution is 2.17. The van der Waals surface area contributed by atoms with Gasteiger partial charge in [0.05, 0.1) is 7.11 Å². The molecule has 0 aromatic heterocycles. The number of rotatable bonds is 15. The quantitative estimate of drug-likeness (QED) is 0.203. The lowest BCUT2D eigenvalue weighted by molar-refractivity contribution is -0.140. The molecule has 2 nitrogen and oxygen atoms in total. The molecule has 0 aliphatic carbocycles. The Morgan fingerprint density at radius 3 is 1.86 bits per heavy atom. The van der Waals surface area contributed by atoms with Crippen molar-refractivity contribution in [3.63, 3.8) is 0 Å². The minimum atomic E-state index is -0.101. The van der Waals surface area contributed by atoms with Crippen molar-refractivity contribution in [2.45, 2.75) is 102 Å². The highest BCUT2D eigenvalue weighted by Gasteiger charge is 2.05. The summed E-state index contributed by atoms with van der Waals surface area (Å²) in [7, 11) is 1.45. The Labute approximate surface area is 137 Å². The average molecular weight is 319 g/mol. The maximum absolute atomic E-state index is 10.9. The lowest BCUT2D eigenvalue weighted by Gasteiger charge is -2.09. The number of halogens is 1. The van der Waals surface area contributed by atoms with Crippen molar-refractivity contribution >= 4 is 17.6 Å². The predicted molar refractivity (Wildman–Crippen MR) is 92.0 cm³/mol. The van der Waals surface area contributed by atoms with Gasteiger partial charge >= 0.3 is 5.97 Å². The summed E-state index contributed by atoms with van der Waals surface area (Å²) >= 11 is 6.34. The Morgan fingerprint density at radius 2 is 1.33 bits per heavy atom. The van der Waals surface area contributed by atoms with Crippen LogP contribution in [-0.4, -0.2) is 18.5 Å². The Morgan fingerprint density at radius 1 is 0.857 bits per heavy atom. The molecule has 0 aromatic carbocycles. The van der Waals surface area contributed by atoms with Gasteiger partial charge in [0.2, 0.25) is 0 Å². The van der Waals surface area contributed by atoms with Crippen LogP contribution in [-0.2, 0) is 9.53 Å². The predicted octanol–water partition coefficient (Wildman–Crippen LogP) is 6.25. The first-order valence-corrected chi connectivity index (χ1v) is 9.35. The minimum Gasteiger partial charge on any atom is -0.469 e. The third-order valence-electron chi connectivity index (χ3n) is 4.00. The van der Waals surface area contributed by atoms with Gasteiger partial charge in [-0.05, 0) is 19.3 Å². The van der Waals surface area contributed by atoms with Crippen LogP contribution in [0.1, 0.15) is 96.8 Å². The summed E-state index contributed by atoms with van der Waals surface area (Å²) in [6.07, 6.45) is 16.8. The zero-order valence-corrected chi connectivity index (χ0v) is 14.9. The van der Waals surface area contributed by atoms with Crippen molar-refractivity contribution in [1.82, 2.24) is 0 Å².